The highest BCUT2D eigenvalue weighted by Gasteiger charge is 2.36. The Labute approximate surface area is 210 Å². The van der Waals surface area contributed by atoms with Crippen LogP contribution in [0.2, 0.25) is 0 Å². The van der Waals surface area contributed by atoms with Crippen LogP contribution < -0.4 is 19.7 Å². The predicted molar refractivity (Wildman–Crippen MR) is 133 cm³/mol. The lowest BCUT2D eigenvalue weighted by Gasteiger charge is -2.26. The fourth-order valence-corrected chi connectivity index (χ4v) is 3.94. The molecule has 2 aromatic rings. The van der Waals surface area contributed by atoms with E-state index in [9.17, 15) is 19.2 Å². The van der Waals surface area contributed by atoms with Gasteiger partial charge >= 0.3 is 12.0 Å². The van der Waals surface area contributed by atoms with Crippen LogP contribution in [0.1, 0.15) is 25.0 Å². The highest BCUT2D eigenvalue weighted by molar-refractivity contribution is 14.1. The van der Waals surface area contributed by atoms with Gasteiger partial charge in [-0.1, -0.05) is 17.7 Å². The van der Waals surface area contributed by atoms with Gasteiger partial charge in [0.2, 0.25) is 0 Å². The summed E-state index contributed by atoms with van der Waals surface area (Å²) in [6.45, 7) is 5.64. The number of nitrogens with zero attached hydrogens (tertiary/aromatic N) is 1. The van der Waals surface area contributed by atoms with Crippen molar-refractivity contribution in [1.29, 1.82) is 0 Å². The first-order valence-electron chi connectivity index (χ1n) is 10.5. The van der Waals surface area contributed by atoms with E-state index in [2.05, 4.69) is 5.32 Å². The smallest absolute Gasteiger partial charge is 0.344 e. The van der Waals surface area contributed by atoms with Crippen LogP contribution in [0.25, 0.3) is 6.08 Å². The molecule has 10 heteroatoms. The molecule has 178 valence electrons. The Morgan fingerprint density at radius 2 is 1.76 bits per heavy atom. The van der Waals surface area contributed by atoms with Crippen molar-refractivity contribution < 1.29 is 33.4 Å². The molecular weight excluding hydrogens is 555 g/mol. The molecule has 3 rings (SSSR count). The summed E-state index contributed by atoms with van der Waals surface area (Å²) in [5.74, 6) is -1.38. The number of carbonyl (C=O) groups is 4. The minimum Gasteiger partial charge on any atom is -0.490 e. The number of esters is 1. The molecule has 0 atom stereocenters. The molecule has 9 nitrogen and oxygen atoms in total. The van der Waals surface area contributed by atoms with Crippen LogP contribution in [0.4, 0.5) is 10.5 Å². The molecule has 1 fully saturated rings. The molecule has 4 amide bonds. The van der Waals surface area contributed by atoms with Crippen molar-refractivity contribution in [3.05, 3.63) is 56.7 Å². The van der Waals surface area contributed by atoms with E-state index in [4.69, 9.17) is 14.2 Å². The summed E-state index contributed by atoms with van der Waals surface area (Å²) in [7, 11) is 0. The van der Waals surface area contributed by atoms with Gasteiger partial charge in [0.25, 0.3) is 11.8 Å². The van der Waals surface area contributed by atoms with Crippen LogP contribution in [0.3, 0.4) is 0 Å². The van der Waals surface area contributed by atoms with Crippen LogP contribution in [0.5, 0.6) is 11.5 Å². The second kappa shape index (κ2) is 11.1. The summed E-state index contributed by atoms with van der Waals surface area (Å²) in [6, 6.07) is 9.24. The SMILES string of the molecule is CCOC(=O)COc1c(I)cc(/C=C2/C(=O)NC(=O)N(c3ccc(C)cc3)C2=O)cc1OCC. The maximum Gasteiger partial charge on any atom is 0.344 e. The number of hydrogen-bond donors (Lipinski definition) is 1. The van der Waals surface area contributed by atoms with Gasteiger partial charge in [-0.3, -0.25) is 14.9 Å². The lowest BCUT2D eigenvalue weighted by molar-refractivity contribution is -0.145. The Bertz CT molecular complexity index is 1160. The van der Waals surface area contributed by atoms with E-state index in [-0.39, 0.29) is 18.8 Å². The van der Waals surface area contributed by atoms with Gasteiger partial charge in [0.05, 0.1) is 22.5 Å². The lowest BCUT2D eigenvalue weighted by Crippen LogP contribution is -2.54. The van der Waals surface area contributed by atoms with Gasteiger partial charge in [0.15, 0.2) is 18.1 Å². The topological polar surface area (TPSA) is 111 Å². The molecular formula is C24H23IN2O7. The summed E-state index contributed by atoms with van der Waals surface area (Å²) in [6.07, 6.45) is 1.38. The Balaban J connectivity index is 1.95. The van der Waals surface area contributed by atoms with Crippen LogP contribution in [0, 0.1) is 10.5 Å². The standard InChI is InChI=1S/C24H23IN2O7/c1-4-32-19-12-15(11-18(25)21(19)34-13-20(28)33-5-2)10-17-22(29)26-24(31)27(23(17)30)16-8-6-14(3)7-9-16/h6-12H,4-5,13H2,1-3H3,(H,26,29,31)/b17-10-. The Hall–Kier alpha value is -3.41. The summed E-state index contributed by atoms with van der Waals surface area (Å²) >= 11 is 2.01. The number of barbiturate groups is 1. The highest BCUT2D eigenvalue weighted by Crippen LogP contribution is 2.35. The van der Waals surface area contributed by atoms with Gasteiger partial charge in [-0.25, -0.2) is 14.5 Å². The number of urea groups is 1. The molecule has 0 unspecified atom stereocenters. The minimum atomic E-state index is -0.816. The number of carbonyl (C=O) groups excluding carboxylic acids is 4. The van der Waals surface area contributed by atoms with Crippen molar-refractivity contribution in [3.8, 4) is 11.5 Å². The summed E-state index contributed by atoms with van der Waals surface area (Å²) in [5.41, 5.74) is 1.58. The number of rotatable bonds is 8. The number of anilines is 1. The second-order valence-electron chi connectivity index (χ2n) is 7.15. The second-order valence-corrected chi connectivity index (χ2v) is 8.31. The van der Waals surface area contributed by atoms with Crippen LogP contribution in [-0.2, 0) is 19.1 Å². The summed E-state index contributed by atoms with van der Waals surface area (Å²) < 4.78 is 16.7. The molecule has 1 N–H and O–H groups in total. The largest absolute Gasteiger partial charge is 0.490 e. The average Bonchev–Trinajstić information content (AvgIpc) is 2.77. The molecule has 0 saturated carbocycles. The maximum absolute atomic E-state index is 13.1. The number of ether oxygens (including phenoxy) is 3. The first-order valence-corrected chi connectivity index (χ1v) is 11.6. The molecule has 2 aromatic carbocycles. The molecule has 1 heterocycles. The van der Waals surface area contributed by atoms with Gasteiger partial charge in [0, 0.05) is 0 Å². The molecule has 0 bridgehead atoms. The molecule has 0 aromatic heterocycles. The normalized spacial score (nSPS) is 14.8. The van der Waals surface area contributed by atoms with Gasteiger partial charge in [-0.15, -0.1) is 0 Å². The van der Waals surface area contributed by atoms with E-state index in [0.717, 1.165) is 10.5 Å². The fourth-order valence-electron chi connectivity index (χ4n) is 3.16. The number of hydrogen-bond acceptors (Lipinski definition) is 7. The van der Waals surface area contributed by atoms with E-state index >= 15 is 0 Å². The van der Waals surface area contributed by atoms with Crippen molar-refractivity contribution in [2.75, 3.05) is 24.7 Å². The van der Waals surface area contributed by atoms with Crippen LogP contribution in [-0.4, -0.2) is 43.6 Å². The van der Waals surface area contributed by atoms with Crippen molar-refractivity contribution >= 4 is 58.2 Å². The zero-order valence-corrected chi connectivity index (χ0v) is 21.0. The minimum absolute atomic E-state index is 0.210. The van der Waals surface area contributed by atoms with E-state index in [0.29, 0.717) is 32.9 Å². The monoisotopic (exact) mass is 578 g/mol. The van der Waals surface area contributed by atoms with Crippen molar-refractivity contribution in [2.45, 2.75) is 20.8 Å². The van der Waals surface area contributed by atoms with Gasteiger partial charge in [0.1, 0.15) is 5.57 Å². The van der Waals surface area contributed by atoms with Gasteiger partial charge in [-0.05, 0) is 79.3 Å². The predicted octanol–water partition coefficient (Wildman–Crippen LogP) is 3.61. The molecule has 0 aliphatic carbocycles. The molecule has 0 radical (unpaired) electrons. The van der Waals surface area contributed by atoms with Crippen LogP contribution >= 0.6 is 22.6 Å². The molecule has 1 aliphatic rings. The summed E-state index contributed by atoms with van der Waals surface area (Å²) in [4.78, 5) is 50.6. The Morgan fingerprint density at radius 1 is 1.06 bits per heavy atom. The third-order valence-corrected chi connectivity index (χ3v) is 5.48. The first-order chi connectivity index (χ1) is 16.2. The van der Waals surface area contributed by atoms with Crippen molar-refractivity contribution in [3.63, 3.8) is 0 Å². The van der Waals surface area contributed by atoms with E-state index < -0.39 is 23.8 Å². The molecule has 0 spiro atoms. The number of amides is 4. The third-order valence-electron chi connectivity index (χ3n) is 4.68. The number of benzene rings is 2. The van der Waals surface area contributed by atoms with Gasteiger partial charge in [-0.2, -0.15) is 0 Å². The Kier molecular flexibility index (Phi) is 8.26. The summed E-state index contributed by atoms with van der Waals surface area (Å²) in [5, 5.41) is 2.20. The maximum atomic E-state index is 13.1. The first kappa shape index (κ1) is 25.2. The number of imide groups is 2. The average molecular weight is 578 g/mol. The number of nitrogens with one attached hydrogen (secondary N) is 1. The van der Waals surface area contributed by atoms with Crippen molar-refractivity contribution in [2.24, 2.45) is 0 Å². The quantitative estimate of drug-likeness (QED) is 0.221. The highest BCUT2D eigenvalue weighted by atomic mass is 127. The Morgan fingerprint density at radius 3 is 2.41 bits per heavy atom. The van der Waals surface area contributed by atoms with E-state index in [1.54, 1.807) is 50.2 Å². The zero-order chi connectivity index (χ0) is 24.8. The van der Waals surface area contributed by atoms with Gasteiger partial charge < -0.3 is 14.2 Å². The van der Waals surface area contributed by atoms with E-state index in [1.165, 1.54) is 6.08 Å². The molecule has 34 heavy (non-hydrogen) atoms. The third kappa shape index (κ3) is 5.74. The zero-order valence-electron chi connectivity index (χ0n) is 18.8. The number of halogens is 1. The fraction of sp³-hybridized carbons (Fsp3) is 0.250. The van der Waals surface area contributed by atoms with E-state index in [1.807, 2.05) is 29.5 Å². The molecule has 1 aliphatic heterocycles. The lowest BCUT2D eigenvalue weighted by atomic mass is 10.1. The molecule has 1 saturated heterocycles. The number of aryl methyl sites for hydroxylation is 1. The van der Waals surface area contributed by atoms with Crippen LogP contribution in [0.15, 0.2) is 42.0 Å². The van der Waals surface area contributed by atoms with Crippen molar-refractivity contribution in [1.82, 2.24) is 5.32 Å².